The van der Waals surface area contributed by atoms with Gasteiger partial charge in [-0.2, -0.15) is 8.42 Å². The molecule has 0 saturated carbocycles. The van der Waals surface area contributed by atoms with E-state index < -0.39 is 28.2 Å². The molecule has 206 valence electrons. The summed E-state index contributed by atoms with van der Waals surface area (Å²) in [5, 5.41) is 2.75. The zero-order valence-electron chi connectivity index (χ0n) is 21.6. The average molecular weight is 560 g/mol. The Kier molecular flexibility index (Phi) is 9.90. The van der Waals surface area contributed by atoms with Crippen molar-refractivity contribution in [1.29, 1.82) is 0 Å². The number of nitrogens with one attached hydrogen (secondary N) is 1. The van der Waals surface area contributed by atoms with Gasteiger partial charge >= 0.3 is 22.2 Å². The molecule has 40 heavy (non-hydrogen) atoms. The van der Waals surface area contributed by atoms with Crippen LogP contribution in [0.25, 0.3) is 0 Å². The van der Waals surface area contributed by atoms with E-state index in [4.69, 9.17) is 13.7 Å². The number of benzene rings is 4. The lowest BCUT2D eigenvalue weighted by Gasteiger charge is -2.18. The fourth-order valence-corrected chi connectivity index (χ4v) is 4.78. The van der Waals surface area contributed by atoms with Crippen molar-refractivity contribution in [2.75, 3.05) is 0 Å². The highest BCUT2D eigenvalue weighted by molar-refractivity contribution is 7.87. The second-order valence-electron chi connectivity index (χ2n) is 8.95. The summed E-state index contributed by atoms with van der Waals surface area (Å²) in [5.74, 6) is -0.340. The second kappa shape index (κ2) is 14.0. The molecule has 4 rings (SSSR count). The van der Waals surface area contributed by atoms with Gasteiger partial charge < -0.3 is 19.0 Å². The molecular weight excluding hydrogens is 530 g/mol. The molecular formula is C31H29NO7S. The summed E-state index contributed by atoms with van der Waals surface area (Å²) in [6.07, 6.45) is -0.487. The molecule has 0 spiro atoms. The minimum Gasteiger partial charge on any atom is -0.461 e. The molecule has 0 radical (unpaired) electrons. The number of ether oxygens (including phenoxy) is 2. The number of carbonyl (C=O) groups excluding carboxylic acids is 2. The highest BCUT2D eigenvalue weighted by Crippen LogP contribution is 2.20. The first-order chi connectivity index (χ1) is 19.4. The zero-order valence-corrected chi connectivity index (χ0v) is 22.5. The van der Waals surface area contributed by atoms with Crippen molar-refractivity contribution in [2.45, 2.75) is 37.0 Å². The normalized spacial score (nSPS) is 11.7. The van der Waals surface area contributed by atoms with E-state index in [1.54, 1.807) is 30.3 Å². The van der Waals surface area contributed by atoms with E-state index in [1.165, 1.54) is 24.3 Å². The Balaban J connectivity index is 1.39. The first kappa shape index (κ1) is 28.4. The van der Waals surface area contributed by atoms with Crippen LogP contribution in [0.2, 0.25) is 0 Å². The van der Waals surface area contributed by atoms with Crippen molar-refractivity contribution >= 4 is 22.2 Å². The molecule has 0 aliphatic carbocycles. The number of esters is 1. The third-order valence-corrected chi connectivity index (χ3v) is 7.10. The van der Waals surface area contributed by atoms with Gasteiger partial charge in [0.1, 0.15) is 23.9 Å². The molecule has 0 bridgehead atoms. The SMILES string of the molecule is O=C(CC(Cc1ccc(OS(=O)(=O)c2ccccc2)cc1)NC(=O)OCc1ccccc1)OCc1ccccc1. The van der Waals surface area contributed by atoms with Crippen LogP contribution in [0, 0.1) is 0 Å². The van der Waals surface area contributed by atoms with Crippen LogP contribution < -0.4 is 9.50 Å². The lowest BCUT2D eigenvalue weighted by Crippen LogP contribution is -2.38. The Morgan fingerprint density at radius 3 is 1.75 bits per heavy atom. The molecule has 1 atom stereocenters. The summed E-state index contributed by atoms with van der Waals surface area (Å²) in [4.78, 5) is 25.2. The molecule has 9 heteroatoms. The van der Waals surface area contributed by atoms with E-state index in [0.717, 1.165) is 16.7 Å². The lowest BCUT2D eigenvalue weighted by atomic mass is 10.0. The summed E-state index contributed by atoms with van der Waals surface area (Å²) in [5.41, 5.74) is 2.43. The fraction of sp³-hybridized carbons (Fsp3) is 0.161. The van der Waals surface area contributed by atoms with Gasteiger partial charge in [-0.15, -0.1) is 0 Å². The molecule has 4 aromatic carbocycles. The summed E-state index contributed by atoms with van der Waals surface area (Å²) in [6, 6.07) is 32.1. The summed E-state index contributed by atoms with van der Waals surface area (Å²) in [6.45, 7) is 0.201. The number of hydrogen-bond acceptors (Lipinski definition) is 7. The molecule has 1 unspecified atom stereocenters. The van der Waals surface area contributed by atoms with Gasteiger partial charge in [0, 0.05) is 6.04 Å². The van der Waals surface area contributed by atoms with Gasteiger partial charge in [0.05, 0.1) is 6.42 Å². The van der Waals surface area contributed by atoms with Gasteiger partial charge in [-0.3, -0.25) is 4.79 Å². The number of carbonyl (C=O) groups is 2. The van der Waals surface area contributed by atoms with Crippen molar-refractivity contribution in [2.24, 2.45) is 0 Å². The van der Waals surface area contributed by atoms with Crippen molar-refractivity contribution in [1.82, 2.24) is 5.32 Å². The minimum atomic E-state index is -3.97. The van der Waals surface area contributed by atoms with Crippen LogP contribution in [-0.4, -0.2) is 26.5 Å². The van der Waals surface area contributed by atoms with E-state index >= 15 is 0 Å². The van der Waals surface area contributed by atoms with Crippen molar-refractivity contribution in [3.05, 3.63) is 132 Å². The zero-order chi connectivity index (χ0) is 28.2. The van der Waals surface area contributed by atoms with Crippen LogP contribution in [-0.2, 0) is 44.0 Å². The molecule has 0 heterocycles. The van der Waals surface area contributed by atoms with Crippen molar-refractivity contribution in [3.63, 3.8) is 0 Å². The third kappa shape index (κ3) is 8.99. The van der Waals surface area contributed by atoms with Crippen LogP contribution in [0.5, 0.6) is 5.75 Å². The average Bonchev–Trinajstić information content (AvgIpc) is 2.97. The van der Waals surface area contributed by atoms with Gasteiger partial charge in [-0.05, 0) is 47.4 Å². The Labute approximate surface area is 233 Å². The Morgan fingerprint density at radius 1 is 0.650 bits per heavy atom. The largest absolute Gasteiger partial charge is 0.461 e. The molecule has 0 aliphatic heterocycles. The first-order valence-electron chi connectivity index (χ1n) is 12.6. The smallest absolute Gasteiger partial charge is 0.407 e. The van der Waals surface area contributed by atoms with E-state index in [-0.39, 0.29) is 36.7 Å². The maximum absolute atomic E-state index is 12.6. The van der Waals surface area contributed by atoms with Crippen LogP contribution >= 0.6 is 0 Å². The molecule has 0 aliphatic rings. The van der Waals surface area contributed by atoms with E-state index in [2.05, 4.69) is 5.32 Å². The second-order valence-corrected chi connectivity index (χ2v) is 10.5. The molecule has 0 saturated heterocycles. The Morgan fingerprint density at radius 2 is 1.18 bits per heavy atom. The standard InChI is InChI=1S/C31H29NO7S/c33-30(37-22-25-10-4-1-5-11-25)21-27(32-31(34)38-23-26-12-6-2-7-13-26)20-24-16-18-28(19-17-24)39-40(35,36)29-14-8-3-9-15-29/h1-19,27H,20-23H2,(H,32,34). The van der Waals surface area contributed by atoms with Crippen LogP contribution in [0.15, 0.2) is 120 Å². The maximum atomic E-state index is 12.6. The van der Waals surface area contributed by atoms with Crippen LogP contribution in [0.1, 0.15) is 23.1 Å². The predicted molar refractivity (Wildman–Crippen MR) is 149 cm³/mol. The number of alkyl carbamates (subject to hydrolysis) is 1. The van der Waals surface area contributed by atoms with Crippen molar-refractivity contribution in [3.8, 4) is 5.75 Å². The molecule has 1 amide bonds. The van der Waals surface area contributed by atoms with E-state index in [0.29, 0.717) is 0 Å². The molecule has 1 N–H and O–H groups in total. The Hall–Kier alpha value is -4.63. The topological polar surface area (TPSA) is 108 Å². The molecule has 8 nitrogen and oxygen atoms in total. The quantitative estimate of drug-likeness (QED) is 0.182. The van der Waals surface area contributed by atoms with Gasteiger partial charge in [0.15, 0.2) is 0 Å². The van der Waals surface area contributed by atoms with Gasteiger partial charge in [0.25, 0.3) is 0 Å². The highest BCUT2D eigenvalue weighted by Gasteiger charge is 2.20. The summed E-state index contributed by atoms with van der Waals surface area (Å²) < 4.78 is 41.0. The Bertz CT molecular complexity index is 1420. The number of hydrogen-bond donors (Lipinski definition) is 1. The predicted octanol–water partition coefficient (Wildman–Crippen LogP) is 5.43. The number of amides is 1. The van der Waals surface area contributed by atoms with Crippen LogP contribution in [0.4, 0.5) is 4.79 Å². The van der Waals surface area contributed by atoms with Gasteiger partial charge in [-0.25, -0.2) is 4.79 Å². The molecule has 0 aromatic heterocycles. The van der Waals surface area contributed by atoms with Crippen molar-refractivity contribution < 1.29 is 31.7 Å². The molecule has 0 fully saturated rings. The van der Waals surface area contributed by atoms with Gasteiger partial charge in [0.2, 0.25) is 0 Å². The van der Waals surface area contributed by atoms with E-state index in [1.807, 2.05) is 60.7 Å². The first-order valence-corrected chi connectivity index (χ1v) is 14.0. The highest BCUT2D eigenvalue weighted by atomic mass is 32.2. The minimum absolute atomic E-state index is 0.0476. The number of rotatable bonds is 12. The monoisotopic (exact) mass is 559 g/mol. The molecule has 4 aromatic rings. The van der Waals surface area contributed by atoms with E-state index in [9.17, 15) is 18.0 Å². The fourth-order valence-electron chi connectivity index (χ4n) is 3.83. The maximum Gasteiger partial charge on any atom is 0.407 e. The third-order valence-electron chi connectivity index (χ3n) is 5.83. The van der Waals surface area contributed by atoms with Crippen LogP contribution in [0.3, 0.4) is 0 Å². The van der Waals surface area contributed by atoms with Gasteiger partial charge in [-0.1, -0.05) is 91.0 Å². The summed E-state index contributed by atoms with van der Waals surface area (Å²) in [7, 11) is -3.97. The lowest BCUT2D eigenvalue weighted by molar-refractivity contribution is -0.145. The summed E-state index contributed by atoms with van der Waals surface area (Å²) >= 11 is 0.